The third kappa shape index (κ3) is 5.39. The first kappa shape index (κ1) is 23.4. The van der Waals surface area contributed by atoms with Crippen molar-refractivity contribution >= 4 is 35.0 Å². The molecule has 0 radical (unpaired) electrons. The molecule has 3 atom stereocenters. The molecule has 1 heterocycles. The van der Waals surface area contributed by atoms with Gasteiger partial charge in [0.05, 0.1) is 5.56 Å². The van der Waals surface area contributed by atoms with Crippen LogP contribution in [0.5, 0.6) is 0 Å². The summed E-state index contributed by atoms with van der Waals surface area (Å²) in [6.45, 7) is 3.05. The van der Waals surface area contributed by atoms with Crippen LogP contribution in [0.3, 0.4) is 0 Å². The van der Waals surface area contributed by atoms with Crippen LogP contribution >= 0.6 is 0 Å². The Labute approximate surface area is 198 Å². The van der Waals surface area contributed by atoms with Gasteiger partial charge in [-0.3, -0.25) is 9.59 Å². The van der Waals surface area contributed by atoms with Gasteiger partial charge < -0.3 is 15.1 Å². The number of fused-ring (bicyclic) bond motifs is 1. The maximum atomic E-state index is 12.9. The summed E-state index contributed by atoms with van der Waals surface area (Å²) in [5.74, 6) is 0.184. The molecule has 0 spiro atoms. The molecule has 0 saturated heterocycles. The number of hydrogen-bond donors (Lipinski definition) is 2. The van der Waals surface area contributed by atoms with Crippen molar-refractivity contribution < 1.29 is 23.4 Å². The van der Waals surface area contributed by atoms with Crippen molar-refractivity contribution in [2.45, 2.75) is 45.2 Å². The van der Waals surface area contributed by atoms with Gasteiger partial charge in [0.1, 0.15) is 18.6 Å². The average Bonchev–Trinajstić information content (AvgIpc) is 3.44. The van der Waals surface area contributed by atoms with E-state index in [0.717, 1.165) is 35.9 Å². The van der Waals surface area contributed by atoms with Gasteiger partial charge in [0.15, 0.2) is 11.8 Å². The van der Waals surface area contributed by atoms with Crippen LogP contribution in [0.15, 0.2) is 52.9 Å². The number of nitrogens with one attached hydrogen (secondary N) is 2. The molecule has 2 aromatic carbocycles. The highest BCUT2D eigenvalue weighted by molar-refractivity contribution is 5.90. The predicted molar refractivity (Wildman–Crippen MR) is 129 cm³/mol. The normalized spacial score (nSPS) is 19.1. The molecule has 1 aromatic heterocycles. The summed E-state index contributed by atoms with van der Waals surface area (Å²) < 4.78 is 7.41. The van der Waals surface area contributed by atoms with E-state index in [0.29, 0.717) is 11.5 Å². The second-order valence-corrected chi connectivity index (χ2v) is 8.83. The molecule has 0 aliphatic heterocycles. The Morgan fingerprint density at radius 1 is 1.12 bits per heavy atom. The van der Waals surface area contributed by atoms with E-state index < -0.39 is 6.04 Å². The zero-order chi connectivity index (χ0) is 24.2. The van der Waals surface area contributed by atoms with Crippen molar-refractivity contribution in [3.8, 4) is 11.5 Å². The maximum absolute atomic E-state index is 12.9. The lowest BCUT2D eigenvalue weighted by molar-refractivity contribution is -0.391. The van der Waals surface area contributed by atoms with E-state index in [4.69, 9.17) is 4.42 Å². The molecular formula is C26H29N4O4+. The molecule has 0 bridgehead atoms. The van der Waals surface area contributed by atoms with E-state index in [2.05, 4.69) is 15.6 Å². The Morgan fingerprint density at radius 3 is 2.56 bits per heavy atom. The second-order valence-electron chi connectivity index (χ2n) is 8.83. The quantitative estimate of drug-likeness (QED) is 0.434. The topological polar surface area (TPSA) is 104 Å². The molecule has 176 valence electrons. The first-order valence-corrected chi connectivity index (χ1v) is 11.5. The van der Waals surface area contributed by atoms with Gasteiger partial charge in [0, 0.05) is 24.4 Å². The van der Waals surface area contributed by atoms with Gasteiger partial charge in [-0.05, 0) is 62.6 Å². The monoisotopic (exact) mass is 461 g/mol. The summed E-state index contributed by atoms with van der Waals surface area (Å²) in [5.41, 5.74) is 2.90. The van der Waals surface area contributed by atoms with Crippen LogP contribution in [-0.2, 0) is 9.59 Å². The third-order valence-electron chi connectivity index (χ3n) is 6.06. The van der Waals surface area contributed by atoms with E-state index in [-0.39, 0.29) is 29.7 Å². The predicted octanol–water partition coefficient (Wildman–Crippen LogP) is 3.16. The molecule has 3 aromatic rings. The first-order valence-electron chi connectivity index (χ1n) is 11.5. The minimum absolute atomic E-state index is 0.0315. The fraction of sp³-hybridized carbons (Fsp3) is 0.346. The Bertz CT molecular complexity index is 1210. The van der Waals surface area contributed by atoms with Crippen molar-refractivity contribution in [2.24, 2.45) is 5.92 Å². The van der Waals surface area contributed by atoms with Gasteiger partial charge in [-0.2, -0.15) is 4.58 Å². The smallest absolute Gasteiger partial charge is 0.418 e. The summed E-state index contributed by atoms with van der Waals surface area (Å²) in [4.78, 5) is 40.8. The molecule has 1 fully saturated rings. The van der Waals surface area contributed by atoms with Crippen LogP contribution < -0.4 is 10.6 Å². The maximum Gasteiger partial charge on any atom is 0.418 e. The van der Waals surface area contributed by atoms with Crippen LogP contribution in [0, 0.1) is 5.92 Å². The second kappa shape index (κ2) is 9.99. The van der Waals surface area contributed by atoms with Crippen molar-refractivity contribution in [3.05, 3.63) is 54.1 Å². The molecular weight excluding hydrogens is 432 g/mol. The molecule has 2 N–H and O–H groups in total. The van der Waals surface area contributed by atoms with E-state index in [1.807, 2.05) is 42.6 Å². The molecule has 1 saturated carbocycles. The highest BCUT2D eigenvalue weighted by atomic mass is 16.3. The fourth-order valence-corrected chi connectivity index (χ4v) is 4.32. The third-order valence-corrected chi connectivity index (χ3v) is 6.06. The van der Waals surface area contributed by atoms with Crippen LogP contribution in [0.4, 0.5) is 0 Å². The van der Waals surface area contributed by atoms with Crippen molar-refractivity contribution in [2.75, 3.05) is 7.05 Å². The largest absolute Gasteiger partial charge is 0.436 e. The van der Waals surface area contributed by atoms with Crippen molar-refractivity contribution in [1.82, 2.24) is 15.6 Å². The Balaban J connectivity index is 1.36. The number of benzene rings is 2. The minimum Gasteiger partial charge on any atom is -0.436 e. The van der Waals surface area contributed by atoms with Gasteiger partial charge in [-0.15, -0.1) is 0 Å². The number of carbonyl (C=O) groups is 3. The summed E-state index contributed by atoms with van der Waals surface area (Å²) in [6.07, 6.45) is 4.40. The molecule has 1 aliphatic rings. The number of aromatic nitrogens is 1. The first-order chi connectivity index (χ1) is 16.3. The van der Waals surface area contributed by atoms with Crippen molar-refractivity contribution in [1.29, 1.82) is 0 Å². The number of rotatable bonds is 6. The number of hydrogen-bond acceptors (Lipinski definition) is 5. The standard InChI is InChI=1S/C26H28N4O4/c1-16(27-17(2)31)24(32)28-21-13-8-18(14-21)15-30(3)26(33)20-11-9-19(10-12-20)25-29-22-6-4-5-7-23(22)34-25/h4-7,9-12,15-16,18,21H,8,13-14H2,1-3H3,(H-,27,28,31,32)/p+1/t16-,18?,21+/m1/s1. The SMILES string of the molecule is CC(=O)N[C@H](C)C(=O)N[C@H]1CCC(C=[N+](C)C(=O)c2ccc(-c3nc4ccccc4o3)cc2)C1. The molecule has 8 nitrogen and oxygen atoms in total. The summed E-state index contributed by atoms with van der Waals surface area (Å²) in [5, 5.41) is 5.58. The Morgan fingerprint density at radius 2 is 1.85 bits per heavy atom. The Kier molecular flexibility index (Phi) is 6.86. The van der Waals surface area contributed by atoms with Gasteiger partial charge in [-0.1, -0.05) is 12.1 Å². The zero-order valence-electron chi connectivity index (χ0n) is 19.6. The van der Waals surface area contributed by atoms with E-state index in [9.17, 15) is 14.4 Å². The summed E-state index contributed by atoms with van der Waals surface area (Å²) >= 11 is 0. The van der Waals surface area contributed by atoms with E-state index in [1.165, 1.54) is 6.92 Å². The van der Waals surface area contributed by atoms with E-state index in [1.54, 1.807) is 30.7 Å². The number of carbonyl (C=O) groups excluding carboxylic acids is 3. The zero-order valence-corrected chi connectivity index (χ0v) is 19.6. The molecule has 34 heavy (non-hydrogen) atoms. The highest BCUT2D eigenvalue weighted by Gasteiger charge is 2.29. The van der Waals surface area contributed by atoms with Gasteiger partial charge in [-0.25, -0.2) is 9.78 Å². The molecule has 3 amide bonds. The van der Waals surface area contributed by atoms with Crippen LogP contribution in [0.2, 0.25) is 0 Å². The van der Waals surface area contributed by atoms with Crippen LogP contribution in [0.1, 0.15) is 43.5 Å². The number of amides is 3. The number of oxazole rings is 1. The number of para-hydroxylation sites is 2. The van der Waals surface area contributed by atoms with Gasteiger partial charge >= 0.3 is 5.91 Å². The van der Waals surface area contributed by atoms with Crippen LogP contribution in [0.25, 0.3) is 22.6 Å². The lowest BCUT2D eigenvalue weighted by Gasteiger charge is -2.17. The molecule has 4 rings (SSSR count). The Hall–Kier alpha value is -3.81. The van der Waals surface area contributed by atoms with Crippen molar-refractivity contribution in [3.63, 3.8) is 0 Å². The minimum atomic E-state index is -0.567. The summed E-state index contributed by atoms with van der Waals surface area (Å²) in [6, 6.07) is 14.3. The van der Waals surface area contributed by atoms with E-state index >= 15 is 0 Å². The van der Waals surface area contributed by atoms with Gasteiger partial charge in [0.2, 0.25) is 17.7 Å². The molecule has 1 aliphatic carbocycles. The lowest BCUT2D eigenvalue weighted by Crippen LogP contribution is -2.47. The van der Waals surface area contributed by atoms with Crippen LogP contribution in [-0.4, -0.2) is 52.6 Å². The lowest BCUT2D eigenvalue weighted by atomic mass is 10.1. The summed E-state index contributed by atoms with van der Waals surface area (Å²) in [7, 11) is 1.75. The number of nitrogens with zero attached hydrogens (tertiary/aromatic N) is 2. The molecule has 8 heteroatoms. The van der Waals surface area contributed by atoms with Gasteiger partial charge in [0.25, 0.3) is 0 Å². The fourth-order valence-electron chi connectivity index (χ4n) is 4.32. The molecule has 1 unspecified atom stereocenters. The highest BCUT2D eigenvalue weighted by Crippen LogP contribution is 2.25. The average molecular weight is 462 g/mol.